The van der Waals surface area contributed by atoms with Crippen molar-refractivity contribution in [1.29, 1.82) is 10.5 Å². The molecule has 0 heterocycles. The van der Waals surface area contributed by atoms with Crippen molar-refractivity contribution in [3.63, 3.8) is 0 Å². The lowest BCUT2D eigenvalue weighted by molar-refractivity contribution is -0.374. The van der Waals surface area contributed by atoms with E-state index in [1.54, 1.807) is 36.4 Å². The number of nitrogens with zero attached hydrogens (tertiary/aromatic N) is 4. The molecule has 26 heavy (non-hydrogen) atoms. The molecule has 3 aromatic rings. The first-order chi connectivity index (χ1) is 12.5. The van der Waals surface area contributed by atoms with E-state index in [1.165, 1.54) is 24.3 Å². The van der Waals surface area contributed by atoms with Gasteiger partial charge in [-0.25, -0.2) is 0 Å². The Morgan fingerprint density at radius 1 is 0.692 bits per heavy atom. The summed E-state index contributed by atoms with van der Waals surface area (Å²) < 4.78 is 0. The molecule has 8 heteroatoms. The van der Waals surface area contributed by atoms with Crippen LogP contribution in [0.15, 0.2) is 48.5 Å². The summed E-state index contributed by atoms with van der Waals surface area (Å²) in [6, 6.07) is 15.8. The van der Waals surface area contributed by atoms with Gasteiger partial charge in [-0.2, -0.15) is 10.5 Å². The second-order valence-electron chi connectivity index (χ2n) is 5.28. The summed E-state index contributed by atoms with van der Waals surface area (Å²) in [6.45, 7) is 0. The van der Waals surface area contributed by atoms with Crippen LogP contribution in [0.3, 0.4) is 0 Å². The van der Waals surface area contributed by atoms with E-state index in [0.29, 0.717) is 21.5 Å². The number of nitro groups is 2. The van der Waals surface area contributed by atoms with Crippen molar-refractivity contribution in [1.82, 2.24) is 0 Å². The molecule has 0 atom stereocenters. The lowest BCUT2D eigenvalue weighted by Crippen LogP contribution is -2.22. The molecule has 8 nitrogen and oxygen atoms in total. The Morgan fingerprint density at radius 2 is 0.962 bits per heavy atom. The Morgan fingerprint density at radius 3 is 1.15 bits per heavy atom. The van der Waals surface area contributed by atoms with E-state index in [2.05, 4.69) is 0 Å². The van der Waals surface area contributed by atoms with Crippen LogP contribution in [0.2, 0.25) is 0 Å². The van der Waals surface area contributed by atoms with Gasteiger partial charge in [-0.15, -0.1) is 0 Å². The molecule has 3 rings (SSSR count). The summed E-state index contributed by atoms with van der Waals surface area (Å²) in [7, 11) is 0. The maximum atomic E-state index is 11.4. The molecule has 0 saturated heterocycles. The topological polar surface area (TPSA) is 134 Å². The third-order valence-electron chi connectivity index (χ3n) is 3.98. The minimum Gasteiger partial charge on any atom is -0.258 e. The zero-order valence-electron chi connectivity index (χ0n) is 13.0. The number of benzene rings is 3. The quantitative estimate of drug-likeness (QED) is 0.395. The first-order valence-electron chi connectivity index (χ1n) is 7.28. The largest absolute Gasteiger partial charge is 0.353 e. The standard InChI is InChI=1S/C18H8N4O4/c19-9-15(21(23)24)17-11-5-1-2-6-12(11)18(16(10-20)22(25)26)14-8-4-3-7-13(14)17/h1-8H. The maximum absolute atomic E-state index is 11.4. The maximum Gasteiger partial charge on any atom is 0.353 e. The average molecular weight is 344 g/mol. The van der Waals surface area contributed by atoms with Gasteiger partial charge in [0.1, 0.15) is 0 Å². The van der Waals surface area contributed by atoms with Crippen LogP contribution in [0.1, 0.15) is 0 Å². The molecule has 0 aliphatic heterocycles. The Labute approximate surface area is 145 Å². The van der Waals surface area contributed by atoms with Crippen molar-refractivity contribution < 1.29 is 9.85 Å². The van der Waals surface area contributed by atoms with Gasteiger partial charge in [-0.1, -0.05) is 48.5 Å². The van der Waals surface area contributed by atoms with Gasteiger partial charge in [0, 0.05) is 0 Å². The van der Waals surface area contributed by atoms with Crippen LogP contribution in [0.4, 0.5) is 0 Å². The zero-order valence-corrected chi connectivity index (χ0v) is 13.0. The third-order valence-corrected chi connectivity index (χ3v) is 3.98. The van der Waals surface area contributed by atoms with Gasteiger partial charge in [0.2, 0.25) is 0 Å². The third kappa shape index (κ3) is 2.39. The zero-order chi connectivity index (χ0) is 18.8. The van der Waals surface area contributed by atoms with Crippen molar-refractivity contribution in [2.75, 3.05) is 0 Å². The predicted molar refractivity (Wildman–Crippen MR) is 92.7 cm³/mol. The molecule has 0 radical (unpaired) electrons. The summed E-state index contributed by atoms with van der Waals surface area (Å²) >= 11 is 0. The SMILES string of the molecule is N#CC(=c1c2ccccc2c(=C(C#N)[N+](=O)[O-])c2ccccc12)[N+](=O)[O-]. The van der Waals surface area contributed by atoms with Gasteiger partial charge in [-0.05, 0) is 21.5 Å². The molecule has 3 aromatic carbocycles. The highest BCUT2D eigenvalue weighted by Crippen LogP contribution is 2.16. The fourth-order valence-corrected chi connectivity index (χ4v) is 3.01. The predicted octanol–water partition coefficient (Wildman–Crippen LogP) is 1.81. The molecule has 124 valence electrons. The summed E-state index contributed by atoms with van der Waals surface area (Å²) in [5.74, 6) is 0. The van der Waals surface area contributed by atoms with Gasteiger partial charge in [0.15, 0.2) is 12.1 Å². The molecule has 0 aliphatic rings. The molecule has 0 amide bonds. The van der Waals surface area contributed by atoms with Gasteiger partial charge in [0.05, 0.1) is 20.3 Å². The smallest absolute Gasteiger partial charge is 0.258 e. The Bertz CT molecular complexity index is 1150. The van der Waals surface area contributed by atoms with Crippen LogP contribution >= 0.6 is 0 Å². The van der Waals surface area contributed by atoms with Crippen molar-refractivity contribution >= 4 is 32.9 Å². The molecule has 0 spiro atoms. The molecule has 0 N–H and O–H groups in total. The lowest BCUT2D eigenvalue weighted by atomic mass is 9.96. The van der Waals surface area contributed by atoms with Crippen molar-refractivity contribution in [2.45, 2.75) is 0 Å². The molecule has 0 aliphatic carbocycles. The minimum atomic E-state index is -0.781. The van der Waals surface area contributed by atoms with E-state index >= 15 is 0 Å². The molecule has 0 saturated carbocycles. The molecule has 0 unspecified atom stereocenters. The highest BCUT2D eigenvalue weighted by Gasteiger charge is 2.21. The molecule has 0 aromatic heterocycles. The molecule has 0 fully saturated rings. The Balaban J connectivity index is 2.92. The van der Waals surface area contributed by atoms with Gasteiger partial charge in [-0.3, -0.25) is 20.2 Å². The summed E-state index contributed by atoms with van der Waals surface area (Å²) in [6.07, 6.45) is 0. The Kier molecular flexibility index (Phi) is 4.01. The minimum absolute atomic E-state index is 0.0769. The lowest BCUT2D eigenvalue weighted by Gasteiger charge is -2.06. The number of hydrogen-bond acceptors (Lipinski definition) is 6. The monoisotopic (exact) mass is 344 g/mol. The first kappa shape index (κ1) is 16.6. The van der Waals surface area contributed by atoms with Crippen LogP contribution in [0.5, 0.6) is 0 Å². The van der Waals surface area contributed by atoms with E-state index in [-0.39, 0.29) is 10.4 Å². The van der Waals surface area contributed by atoms with Crippen LogP contribution in [-0.4, -0.2) is 9.85 Å². The van der Waals surface area contributed by atoms with Crippen molar-refractivity contribution in [2.24, 2.45) is 0 Å². The Hall–Kier alpha value is -4.30. The first-order valence-corrected chi connectivity index (χ1v) is 7.28. The van der Waals surface area contributed by atoms with E-state index in [9.17, 15) is 30.8 Å². The summed E-state index contributed by atoms with van der Waals surface area (Å²) in [4.78, 5) is 21.2. The van der Waals surface area contributed by atoms with E-state index in [1.807, 2.05) is 0 Å². The van der Waals surface area contributed by atoms with Crippen LogP contribution in [0, 0.1) is 42.9 Å². The molecular formula is C18H8N4O4. The van der Waals surface area contributed by atoms with Crippen LogP contribution < -0.4 is 10.4 Å². The second-order valence-corrected chi connectivity index (χ2v) is 5.28. The van der Waals surface area contributed by atoms with E-state index in [4.69, 9.17) is 0 Å². The van der Waals surface area contributed by atoms with E-state index < -0.39 is 21.2 Å². The number of nitriles is 2. The summed E-state index contributed by atoms with van der Waals surface area (Å²) in [5.41, 5.74) is -1.33. The highest BCUT2D eigenvalue weighted by molar-refractivity contribution is 6.02. The van der Waals surface area contributed by atoms with Gasteiger partial charge < -0.3 is 0 Å². The molecular weight excluding hydrogens is 336 g/mol. The van der Waals surface area contributed by atoms with E-state index in [0.717, 1.165) is 0 Å². The average Bonchev–Trinajstić information content (AvgIpc) is 2.63. The second kappa shape index (κ2) is 6.30. The van der Waals surface area contributed by atoms with Crippen LogP contribution in [-0.2, 0) is 0 Å². The van der Waals surface area contributed by atoms with Gasteiger partial charge in [0.25, 0.3) is 0 Å². The summed E-state index contributed by atoms with van der Waals surface area (Å²) in [5, 5.41) is 42.7. The van der Waals surface area contributed by atoms with Crippen LogP contribution in [0.25, 0.3) is 32.9 Å². The highest BCUT2D eigenvalue weighted by atomic mass is 16.6. The molecule has 0 bridgehead atoms. The van der Waals surface area contributed by atoms with Crippen molar-refractivity contribution in [3.05, 3.63) is 79.2 Å². The fraction of sp³-hybridized carbons (Fsp3) is 0. The normalized spacial score (nSPS) is 10.1. The van der Waals surface area contributed by atoms with Gasteiger partial charge >= 0.3 is 11.4 Å². The fourth-order valence-electron chi connectivity index (χ4n) is 3.01. The van der Waals surface area contributed by atoms with Crippen molar-refractivity contribution in [3.8, 4) is 12.1 Å². The number of rotatable bonds is 2. The number of hydrogen-bond donors (Lipinski definition) is 0. The number of fused-ring (bicyclic) bond motifs is 2.